The maximum absolute atomic E-state index is 11.9. The molecule has 0 aliphatic carbocycles. The van der Waals surface area contributed by atoms with Crippen molar-refractivity contribution in [1.82, 2.24) is 10.0 Å². The zero-order chi connectivity index (χ0) is 12.9. The second-order valence-corrected chi connectivity index (χ2v) is 7.66. The quantitative estimate of drug-likeness (QED) is 0.731. The highest BCUT2D eigenvalue weighted by Crippen LogP contribution is 2.21. The highest BCUT2D eigenvalue weighted by molar-refractivity contribution is 7.89. The summed E-state index contributed by atoms with van der Waals surface area (Å²) in [6.07, 6.45) is 4.18. The van der Waals surface area contributed by atoms with Gasteiger partial charge in [0.15, 0.2) is 0 Å². The molecule has 0 bridgehead atoms. The maximum Gasteiger partial charge on any atom is 0.213 e. The SMILES string of the molecule is CCCC(C)(C)CNS(=O)(=O)CC1CCCN1. The van der Waals surface area contributed by atoms with E-state index in [0.29, 0.717) is 6.54 Å². The van der Waals surface area contributed by atoms with E-state index in [0.717, 1.165) is 32.2 Å². The smallest absolute Gasteiger partial charge is 0.213 e. The first-order valence-electron chi connectivity index (χ1n) is 6.55. The van der Waals surface area contributed by atoms with Crippen LogP contribution in [0.3, 0.4) is 0 Å². The first kappa shape index (κ1) is 14.9. The minimum absolute atomic E-state index is 0.0466. The number of rotatable bonds is 7. The van der Waals surface area contributed by atoms with Crippen molar-refractivity contribution in [3.05, 3.63) is 0 Å². The monoisotopic (exact) mass is 262 g/mol. The summed E-state index contributed by atoms with van der Waals surface area (Å²) in [4.78, 5) is 0. The van der Waals surface area contributed by atoms with Gasteiger partial charge in [-0.2, -0.15) is 0 Å². The zero-order valence-electron chi connectivity index (χ0n) is 11.3. The number of nitrogens with one attached hydrogen (secondary N) is 2. The fourth-order valence-corrected chi connectivity index (χ4v) is 3.84. The van der Waals surface area contributed by atoms with Gasteiger partial charge in [-0.25, -0.2) is 13.1 Å². The average molecular weight is 262 g/mol. The molecular formula is C12H26N2O2S. The van der Waals surface area contributed by atoms with Gasteiger partial charge in [0.2, 0.25) is 10.0 Å². The van der Waals surface area contributed by atoms with Crippen LogP contribution >= 0.6 is 0 Å². The molecule has 1 unspecified atom stereocenters. The van der Waals surface area contributed by atoms with Gasteiger partial charge in [-0.1, -0.05) is 27.2 Å². The Morgan fingerprint density at radius 1 is 1.41 bits per heavy atom. The minimum Gasteiger partial charge on any atom is -0.313 e. The Morgan fingerprint density at radius 3 is 2.65 bits per heavy atom. The van der Waals surface area contributed by atoms with Crippen LogP contribution in [0.15, 0.2) is 0 Å². The summed E-state index contributed by atoms with van der Waals surface area (Å²) in [5.74, 6) is 0.217. The van der Waals surface area contributed by atoms with Crippen molar-refractivity contribution < 1.29 is 8.42 Å². The van der Waals surface area contributed by atoms with Crippen molar-refractivity contribution in [1.29, 1.82) is 0 Å². The van der Waals surface area contributed by atoms with Crippen molar-refractivity contribution in [3.8, 4) is 0 Å². The molecule has 1 saturated heterocycles. The summed E-state index contributed by atoms with van der Waals surface area (Å²) in [7, 11) is -3.13. The fraction of sp³-hybridized carbons (Fsp3) is 1.00. The van der Waals surface area contributed by atoms with Crippen LogP contribution in [0.25, 0.3) is 0 Å². The molecular weight excluding hydrogens is 236 g/mol. The van der Waals surface area contributed by atoms with Crippen molar-refractivity contribution in [2.24, 2.45) is 5.41 Å². The Morgan fingerprint density at radius 2 is 2.12 bits per heavy atom. The van der Waals surface area contributed by atoms with Gasteiger partial charge in [0, 0.05) is 12.6 Å². The normalized spacial score (nSPS) is 21.9. The van der Waals surface area contributed by atoms with E-state index in [-0.39, 0.29) is 17.2 Å². The van der Waals surface area contributed by atoms with Crippen LogP contribution in [0.1, 0.15) is 46.5 Å². The maximum atomic E-state index is 11.9. The zero-order valence-corrected chi connectivity index (χ0v) is 12.1. The number of hydrogen-bond donors (Lipinski definition) is 2. The van der Waals surface area contributed by atoms with E-state index in [1.807, 2.05) is 0 Å². The predicted molar refractivity (Wildman–Crippen MR) is 71.5 cm³/mol. The second-order valence-electron chi connectivity index (χ2n) is 5.81. The van der Waals surface area contributed by atoms with Gasteiger partial charge in [0.05, 0.1) is 5.75 Å². The molecule has 1 atom stereocenters. The van der Waals surface area contributed by atoms with Crippen molar-refractivity contribution in [2.45, 2.75) is 52.5 Å². The summed E-state index contributed by atoms with van der Waals surface area (Å²) in [6.45, 7) is 7.82. The molecule has 4 nitrogen and oxygen atoms in total. The van der Waals surface area contributed by atoms with Crippen LogP contribution in [0.5, 0.6) is 0 Å². The Kier molecular flexibility index (Phi) is 5.41. The summed E-state index contributed by atoms with van der Waals surface area (Å²) >= 11 is 0. The van der Waals surface area contributed by atoms with Crippen molar-refractivity contribution >= 4 is 10.0 Å². The average Bonchev–Trinajstić information content (AvgIpc) is 2.67. The highest BCUT2D eigenvalue weighted by atomic mass is 32.2. The first-order chi connectivity index (χ1) is 7.85. The van der Waals surface area contributed by atoms with Crippen molar-refractivity contribution in [2.75, 3.05) is 18.8 Å². The van der Waals surface area contributed by atoms with Crippen molar-refractivity contribution in [3.63, 3.8) is 0 Å². The molecule has 1 heterocycles. The largest absolute Gasteiger partial charge is 0.313 e. The molecule has 17 heavy (non-hydrogen) atoms. The minimum atomic E-state index is -3.13. The molecule has 0 aromatic rings. The number of sulfonamides is 1. The van der Waals surface area contributed by atoms with E-state index in [1.54, 1.807) is 0 Å². The Hall–Kier alpha value is -0.130. The molecule has 0 aromatic heterocycles. The topological polar surface area (TPSA) is 58.2 Å². The second kappa shape index (κ2) is 6.16. The van der Waals surface area contributed by atoms with E-state index in [2.05, 4.69) is 30.8 Å². The van der Waals surface area contributed by atoms with E-state index in [1.165, 1.54) is 0 Å². The third kappa shape index (κ3) is 5.84. The van der Waals surface area contributed by atoms with Crippen LogP contribution in [0, 0.1) is 5.41 Å². The molecule has 1 fully saturated rings. The third-order valence-electron chi connectivity index (χ3n) is 3.28. The lowest BCUT2D eigenvalue weighted by molar-refractivity contribution is 0.330. The summed E-state index contributed by atoms with van der Waals surface area (Å²) < 4.78 is 26.5. The van der Waals surface area contributed by atoms with Gasteiger partial charge in [0.1, 0.15) is 0 Å². The highest BCUT2D eigenvalue weighted by Gasteiger charge is 2.24. The Bertz CT molecular complexity index is 319. The standard InChI is InChI=1S/C12H26N2O2S/c1-4-7-12(2,3)10-14-17(15,16)9-11-6-5-8-13-11/h11,13-14H,4-10H2,1-3H3. The molecule has 2 N–H and O–H groups in total. The lowest BCUT2D eigenvalue weighted by Crippen LogP contribution is -2.40. The van der Waals surface area contributed by atoms with Gasteiger partial charge in [0.25, 0.3) is 0 Å². The van der Waals surface area contributed by atoms with Crippen LogP contribution in [-0.2, 0) is 10.0 Å². The van der Waals surface area contributed by atoms with E-state index in [4.69, 9.17) is 0 Å². The van der Waals surface area contributed by atoms with Gasteiger partial charge in [-0.15, -0.1) is 0 Å². The van der Waals surface area contributed by atoms with Gasteiger partial charge in [-0.05, 0) is 31.2 Å². The van der Waals surface area contributed by atoms with Crippen LogP contribution in [0.2, 0.25) is 0 Å². The molecule has 5 heteroatoms. The van der Waals surface area contributed by atoms with E-state index < -0.39 is 10.0 Å². The molecule has 1 rings (SSSR count). The van der Waals surface area contributed by atoms with E-state index in [9.17, 15) is 8.42 Å². The molecule has 1 aliphatic rings. The van der Waals surface area contributed by atoms with E-state index >= 15 is 0 Å². The summed E-state index contributed by atoms with van der Waals surface area (Å²) in [6, 6.07) is 0.141. The molecule has 102 valence electrons. The predicted octanol–water partition coefficient (Wildman–Crippen LogP) is 1.48. The Balaban J connectivity index is 2.38. The summed E-state index contributed by atoms with van der Waals surface area (Å²) in [5.41, 5.74) is 0.0466. The lowest BCUT2D eigenvalue weighted by atomic mass is 9.88. The van der Waals surface area contributed by atoms with Crippen LogP contribution in [-0.4, -0.2) is 33.3 Å². The lowest BCUT2D eigenvalue weighted by Gasteiger charge is -2.24. The van der Waals surface area contributed by atoms with Gasteiger partial charge in [-0.3, -0.25) is 0 Å². The third-order valence-corrected chi connectivity index (χ3v) is 4.71. The molecule has 0 amide bonds. The molecule has 1 aliphatic heterocycles. The van der Waals surface area contributed by atoms with Gasteiger partial charge >= 0.3 is 0 Å². The molecule has 0 aromatic carbocycles. The van der Waals surface area contributed by atoms with Crippen LogP contribution in [0.4, 0.5) is 0 Å². The summed E-state index contributed by atoms with van der Waals surface area (Å²) in [5, 5.41) is 3.22. The van der Waals surface area contributed by atoms with Gasteiger partial charge < -0.3 is 5.32 Å². The molecule has 0 spiro atoms. The molecule has 0 saturated carbocycles. The number of hydrogen-bond acceptors (Lipinski definition) is 3. The Labute approximate surface area is 106 Å². The first-order valence-corrected chi connectivity index (χ1v) is 8.20. The fourth-order valence-electron chi connectivity index (χ4n) is 2.29. The van der Waals surface area contributed by atoms with Crippen LogP contribution < -0.4 is 10.0 Å². The molecule has 0 radical (unpaired) electrons.